The number of rotatable bonds is 3. The minimum absolute atomic E-state index is 0.138. The zero-order valence-corrected chi connectivity index (χ0v) is 11.3. The van der Waals surface area contributed by atoms with Crippen molar-refractivity contribution in [2.75, 3.05) is 4.72 Å². The fraction of sp³-hybridized carbons (Fsp3) is 0.200. The monoisotopic (exact) mass is 286 g/mol. The van der Waals surface area contributed by atoms with Crippen LogP contribution in [0.2, 0.25) is 5.02 Å². The molecule has 0 amide bonds. The van der Waals surface area contributed by atoms with Gasteiger partial charge in [-0.1, -0.05) is 11.6 Å². The van der Waals surface area contributed by atoms with E-state index in [9.17, 15) is 8.42 Å². The lowest BCUT2D eigenvalue weighted by atomic mass is 10.4. The molecule has 0 unspecified atom stereocenters. The second kappa shape index (κ2) is 4.58. The van der Waals surface area contributed by atoms with Gasteiger partial charge in [0.25, 0.3) is 10.0 Å². The highest BCUT2D eigenvalue weighted by molar-refractivity contribution is 7.92. The number of anilines is 1. The summed E-state index contributed by atoms with van der Waals surface area (Å²) in [6.07, 6.45) is 1.37. The third-order valence-corrected chi connectivity index (χ3v) is 4.14. The molecule has 0 aliphatic heterocycles. The van der Waals surface area contributed by atoms with Crippen LogP contribution in [-0.2, 0) is 10.0 Å². The molecule has 0 saturated carbocycles. The number of nitrogens with one attached hydrogen (secondary N) is 2. The smallest absolute Gasteiger partial charge is 0.266 e. The molecule has 0 aliphatic carbocycles. The van der Waals surface area contributed by atoms with Crippen molar-refractivity contribution in [3.63, 3.8) is 0 Å². The summed E-state index contributed by atoms with van der Waals surface area (Å²) in [5.74, 6) is 0.208. The van der Waals surface area contributed by atoms with Crippen LogP contribution in [0.15, 0.2) is 23.2 Å². The summed E-state index contributed by atoms with van der Waals surface area (Å²) >= 11 is 5.68. The lowest BCUT2D eigenvalue weighted by Crippen LogP contribution is -2.15. The summed E-state index contributed by atoms with van der Waals surface area (Å²) in [5, 5.41) is 6.92. The van der Waals surface area contributed by atoms with Crippen molar-refractivity contribution in [1.82, 2.24) is 15.2 Å². The molecule has 0 aromatic carbocycles. The van der Waals surface area contributed by atoms with Gasteiger partial charge in [0.2, 0.25) is 0 Å². The molecule has 96 valence electrons. The van der Waals surface area contributed by atoms with E-state index in [1.807, 2.05) is 0 Å². The largest absolute Gasteiger partial charge is 0.281 e. The Kier molecular flexibility index (Phi) is 3.27. The number of pyridine rings is 1. The highest BCUT2D eigenvalue weighted by atomic mass is 35.5. The number of halogens is 1. The molecule has 18 heavy (non-hydrogen) atoms. The highest BCUT2D eigenvalue weighted by Crippen LogP contribution is 2.20. The molecule has 2 heterocycles. The number of nitrogens with zero attached hydrogens (tertiary/aromatic N) is 2. The maximum absolute atomic E-state index is 12.1. The normalized spacial score (nSPS) is 11.5. The molecule has 2 N–H and O–H groups in total. The van der Waals surface area contributed by atoms with Crippen molar-refractivity contribution >= 4 is 27.4 Å². The van der Waals surface area contributed by atoms with Crippen LogP contribution in [-0.4, -0.2) is 23.6 Å². The Bertz CT molecular complexity index is 644. The summed E-state index contributed by atoms with van der Waals surface area (Å²) in [4.78, 5) is 4.02. The molecule has 6 nitrogen and oxygen atoms in total. The Labute approximate surface area is 109 Å². The van der Waals surface area contributed by atoms with Gasteiger partial charge in [-0.25, -0.2) is 13.4 Å². The minimum atomic E-state index is -3.69. The number of aromatic amines is 1. The van der Waals surface area contributed by atoms with Crippen molar-refractivity contribution < 1.29 is 8.42 Å². The lowest BCUT2D eigenvalue weighted by Gasteiger charge is -2.07. The number of H-pyrrole nitrogens is 1. The van der Waals surface area contributed by atoms with Gasteiger partial charge in [0.15, 0.2) is 0 Å². The van der Waals surface area contributed by atoms with Crippen molar-refractivity contribution in [3.05, 3.63) is 34.7 Å². The van der Waals surface area contributed by atoms with Crippen LogP contribution in [0.1, 0.15) is 11.4 Å². The second-order valence-electron chi connectivity index (χ2n) is 3.73. The Morgan fingerprint density at radius 3 is 2.56 bits per heavy atom. The number of hydrogen-bond acceptors (Lipinski definition) is 4. The first-order chi connectivity index (χ1) is 8.40. The molecule has 0 radical (unpaired) electrons. The van der Waals surface area contributed by atoms with Crippen LogP contribution in [0.3, 0.4) is 0 Å². The predicted octanol–water partition coefficient (Wildman–Crippen LogP) is 1.88. The van der Waals surface area contributed by atoms with Gasteiger partial charge < -0.3 is 0 Å². The Morgan fingerprint density at radius 2 is 2.06 bits per heavy atom. The summed E-state index contributed by atoms with van der Waals surface area (Å²) in [7, 11) is -3.69. The third-order valence-electron chi connectivity index (χ3n) is 2.30. The molecule has 8 heteroatoms. The Morgan fingerprint density at radius 1 is 1.33 bits per heavy atom. The molecule has 0 aliphatic rings. The standard InChI is InChI=1S/C10H11ClN4O2S/c1-6-10(7(2)14-13-6)18(16,17)15-9-4-3-8(11)5-12-9/h3-5H,1-2H3,(H,12,15)(H,13,14). The average Bonchev–Trinajstić information content (AvgIpc) is 2.62. The van der Waals surface area contributed by atoms with Crippen LogP contribution >= 0.6 is 11.6 Å². The van der Waals surface area contributed by atoms with E-state index in [0.29, 0.717) is 16.4 Å². The van der Waals surface area contributed by atoms with E-state index in [1.165, 1.54) is 12.3 Å². The van der Waals surface area contributed by atoms with E-state index in [-0.39, 0.29) is 10.7 Å². The van der Waals surface area contributed by atoms with Gasteiger partial charge >= 0.3 is 0 Å². The van der Waals surface area contributed by atoms with Crippen molar-refractivity contribution in [2.45, 2.75) is 18.7 Å². The van der Waals surface area contributed by atoms with E-state index in [0.717, 1.165) is 0 Å². The lowest BCUT2D eigenvalue weighted by molar-refractivity contribution is 0.600. The van der Waals surface area contributed by atoms with Gasteiger partial charge in [-0.15, -0.1) is 0 Å². The van der Waals surface area contributed by atoms with Gasteiger partial charge in [-0.3, -0.25) is 9.82 Å². The molecular weight excluding hydrogens is 276 g/mol. The molecule has 2 aromatic rings. The first-order valence-corrected chi connectivity index (χ1v) is 6.92. The SMILES string of the molecule is Cc1n[nH]c(C)c1S(=O)(=O)Nc1ccc(Cl)cn1. The second-order valence-corrected chi connectivity index (χ2v) is 5.79. The summed E-state index contributed by atoms with van der Waals surface area (Å²) < 4.78 is 26.7. The van der Waals surface area contributed by atoms with Crippen LogP contribution in [0.4, 0.5) is 5.82 Å². The quantitative estimate of drug-likeness (QED) is 0.902. The van der Waals surface area contributed by atoms with Crippen molar-refractivity contribution in [1.29, 1.82) is 0 Å². The molecule has 2 aromatic heterocycles. The van der Waals surface area contributed by atoms with E-state index < -0.39 is 10.0 Å². The predicted molar refractivity (Wildman–Crippen MR) is 68.1 cm³/mol. The van der Waals surface area contributed by atoms with E-state index >= 15 is 0 Å². The topological polar surface area (TPSA) is 87.7 Å². The fourth-order valence-corrected chi connectivity index (χ4v) is 3.05. The van der Waals surface area contributed by atoms with Crippen LogP contribution in [0.5, 0.6) is 0 Å². The van der Waals surface area contributed by atoms with Crippen LogP contribution < -0.4 is 4.72 Å². The number of sulfonamides is 1. The van der Waals surface area contributed by atoms with Crippen molar-refractivity contribution in [2.24, 2.45) is 0 Å². The number of aryl methyl sites for hydroxylation is 2. The van der Waals surface area contributed by atoms with Gasteiger partial charge in [-0.05, 0) is 26.0 Å². The molecule has 0 atom stereocenters. The van der Waals surface area contributed by atoms with Crippen molar-refractivity contribution in [3.8, 4) is 0 Å². The number of aromatic nitrogens is 3. The maximum atomic E-state index is 12.1. The summed E-state index contributed by atoms with van der Waals surface area (Å²) in [6, 6.07) is 3.05. The summed E-state index contributed by atoms with van der Waals surface area (Å²) in [6.45, 7) is 3.26. The molecule has 0 saturated heterocycles. The first-order valence-electron chi connectivity index (χ1n) is 5.06. The van der Waals surface area contributed by atoms with Gasteiger partial charge in [0.1, 0.15) is 10.7 Å². The molecule has 0 spiro atoms. The van der Waals surface area contributed by atoms with E-state index in [1.54, 1.807) is 19.9 Å². The zero-order chi connectivity index (χ0) is 13.3. The third kappa shape index (κ3) is 2.46. The molecular formula is C10H11ClN4O2S. The maximum Gasteiger partial charge on any atom is 0.266 e. The number of hydrogen-bond donors (Lipinski definition) is 2. The van der Waals surface area contributed by atoms with E-state index in [2.05, 4.69) is 19.9 Å². The summed E-state index contributed by atoms with van der Waals surface area (Å²) in [5.41, 5.74) is 0.892. The Hall–Kier alpha value is -1.60. The van der Waals surface area contributed by atoms with E-state index in [4.69, 9.17) is 11.6 Å². The minimum Gasteiger partial charge on any atom is -0.281 e. The van der Waals surface area contributed by atoms with Crippen LogP contribution in [0.25, 0.3) is 0 Å². The zero-order valence-electron chi connectivity index (χ0n) is 9.73. The Balaban J connectivity index is 2.36. The highest BCUT2D eigenvalue weighted by Gasteiger charge is 2.22. The first kappa shape index (κ1) is 12.8. The average molecular weight is 287 g/mol. The molecule has 0 fully saturated rings. The van der Waals surface area contributed by atoms with Crippen LogP contribution in [0, 0.1) is 13.8 Å². The van der Waals surface area contributed by atoms with Gasteiger partial charge in [-0.2, -0.15) is 5.10 Å². The van der Waals surface area contributed by atoms with Gasteiger partial charge in [0.05, 0.1) is 16.4 Å². The molecule has 0 bridgehead atoms. The van der Waals surface area contributed by atoms with Gasteiger partial charge in [0, 0.05) is 6.20 Å². The fourth-order valence-electron chi connectivity index (χ4n) is 1.56. The molecule has 2 rings (SSSR count).